The van der Waals surface area contributed by atoms with Gasteiger partial charge in [-0.15, -0.1) is 0 Å². The third kappa shape index (κ3) is 3.99. The summed E-state index contributed by atoms with van der Waals surface area (Å²) in [6.07, 6.45) is 0. The standard InChI is InChI=1S/C21H19N3O5/c1-12-18(27-2)8-13(9-19(12)28-3)21(26)29-11-17(25)14(10-22)20-23-15-6-4-5-7-16(15)24-20/h4-9,25H,11H2,1-3H3,(H,23,24)/b17-14-. The van der Waals surface area contributed by atoms with Crippen LogP contribution in [0, 0.1) is 18.3 Å². The zero-order valence-electron chi connectivity index (χ0n) is 16.1. The number of aromatic nitrogens is 2. The number of fused-ring (bicyclic) bond motifs is 1. The maximum Gasteiger partial charge on any atom is 0.338 e. The number of allylic oxidation sites excluding steroid dienone is 1. The van der Waals surface area contributed by atoms with Crippen molar-refractivity contribution < 1.29 is 24.1 Å². The van der Waals surface area contributed by atoms with E-state index in [1.807, 2.05) is 18.2 Å². The van der Waals surface area contributed by atoms with Crippen molar-refractivity contribution in [1.82, 2.24) is 9.97 Å². The van der Waals surface area contributed by atoms with E-state index in [1.54, 1.807) is 19.1 Å². The third-order valence-corrected chi connectivity index (χ3v) is 4.35. The molecule has 0 bridgehead atoms. The minimum Gasteiger partial charge on any atom is -0.507 e. The molecule has 0 saturated heterocycles. The molecule has 148 valence electrons. The van der Waals surface area contributed by atoms with Crippen molar-refractivity contribution in [3.05, 3.63) is 59.1 Å². The summed E-state index contributed by atoms with van der Waals surface area (Å²) in [4.78, 5) is 19.6. The van der Waals surface area contributed by atoms with E-state index in [0.717, 1.165) is 11.1 Å². The molecule has 0 aliphatic carbocycles. The van der Waals surface area contributed by atoms with Crippen LogP contribution in [0.4, 0.5) is 0 Å². The molecule has 0 fully saturated rings. The Balaban J connectivity index is 1.82. The summed E-state index contributed by atoms with van der Waals surface area (Å²) in [7, 11) is 2.97. The minimum absolute atomic E-state index is 0.104. The van der Waals surface area contributed by atoms with E-state index in [1.165, 1.54) is 26.4 Å². The Hall–Kier alpha value is -3.99. The van der Waals surface area contributed by atoms with Gasteiger partial charge in [-0.1, -0.05) is 12.1 Å². The van der Waals surface area contributed by atoms with Gasteiger partial charge in [0.05, 0.1) is 30.8 Å². The van der Waals surface area contributed by atoms with Crippen LogP contribution < -0.4 is 9.47 Å². The number of H-pyrrole nitrogens is 1. The number of benzene rings is 2. The van der Waals surface area contributed by atoms with Gasteiger partial charge in [0.25, 0.3) is 0 Å². The molecule has 1 heterocycles. The quantitative estimate of drug-likeness (QED) is 0.374. The number of carbonyl (C=O) groups is 1. The van der Waals surface area contributed by atoms with Crippen LogP contribution in [0.25, 0.3) is 16.6 Å². The Bertz CT molecular complexity index is 1080. The number of imidazole rings is 1. The number of aliphatic hydroxyl groups excluding tert-OH is 1. The first-order chi connectivity index (χ1) is 14.0. The first-order valence-electron chi connectivity index (χ1n) is 8.65. The van der Waals surface area contributed by atoms with E-state index in [-0.39, 0.29) is 17.0 Å². The second-order valence-corrected chi connectivity index (χ2v) is 6.12. The highest BCUT2D eigenvalue weighted by Gasteiger charge is 2.18. The van der Waals surface area contributed by atoms with Crippen LogP contribution in [0.3, 0.4) is 0 Å². The molecule has 3 aromatic rings. The van der Waals surface area contributed by atoms with Gasteiger partial charge in [-0.3, -0.25) is 0 Å². The summed E-state index contributed by atoms with van der Waals surface area (Å²) in [6, 6.07) is 12.1. The number of para-hydroxylation sites is 2. The molecule has 0 aliphatic rings. The molecule has 0 radical (unpaired) electrons. The summed E-state index contributed by atoms with van der Waals surface area (Å²) in [5.74, 6) is 0.0222. The summed E-state index contributed by atoms with van der Waals surface area (Å²) < 4.78 is 15.6. The summed E-state index contributed by atoms with van der Waals surface area (Å²) >= 11 is 0. The van der Waals surface area contributed by atoms with Gasteiger partial charge >= 0.3 is 5.97 Å². The SMILES string of the molecule is COc1cc(C(=O)OC/C(O)=C(\C#N)c2nc3ccccc3[nH]2)cc(OC)c1C. The lowest BCUT2D eigenvalue weighted by Crippen LogP contribution is -2.10. The number of nitrogens with one attached hydrogen (secondary N) is 1. The Morgan fingerprint density at radius 3 is 2.45 bits per heavy atom. The van der Waals surface area contributed by atoms with Gasteiger partial charge in [0.2, 0.25) is 0 Å². The minimum atomic E-state index is -0.699. The van der Waals surface area contributed by atoms with Crippen molar-refractivity contribution in [3.8, 4) is 17.6 Å². The number of nitrogens with zero attached hydrogens (tertiary/aromatic N) is 2. The topological polar surface area (TPSA) is 117 Å². The van der Waals surface area contributed by atoms with Crippen molar-refractivity contribution in [2.75, 3.05) is 20.8 Å². The highest BCUT2D eigenvalue weighted by molar-refractivity contribution is 5.91. The van der Waals surface area contributed by atoms with Crippen LogP contribution in [0.1, 0.15) is 21.7 Å². The molecule has 8 nitrogen and oxygen atoms in total. The maximum atomic E-state index is 12.4. The van der Waals surface area contributed by atoms with Gasteiger partial charge < -0.3 is 24.3 Å². The molecule has 0 saturated carbocycles. The number of hydrogen-bond donors (Lipinski definition) is 2. The van der Waals surface area contributed by atoms with Gasteiger partial charge in [0.15, 0.2) is 11.6 Å². The highest BCUT2D eigenvalue weighted by atomic mass is 16.5. The van der Waals surface area contributed by atoms with E-state index in [0.29, 0.717) is 17.0 Å². The van der Waals surface area contributed by atoms with Crippen molar-refractivity contribution >= 4 is 22.6 Å². The molecular weight excluding hydrogens is 374 g/mol. The lowest BCUT2D eigenvalue weighted by atomic mass is 10.1. The van der Waals surface area contributed by atoms with E-state index < -0.39 is 18.3 Å². The fourth-order valence-corrected chi connectivity index (χ4v) is 2.82. The van der Waals surface area contributed by atoms with E-state index in [2.05, 4.69) is 9.97 Å². The van der Waals surface area contributed by atoms with Crippen LogP contribution in [-0.4, -0.2) is 41.9 Å². The summed E-state index contributed by atoms with van der Waals surface area (Å²) in [5.41, 5.74) is 2.20. The Morgan fingerprint density at radius 1 is 1.21 bits per heavy atom. The average molecular weight is 393 g/mol. The number of aliphatic hydroxyl groups is 1. The number of rotatable bonds is 6. The zero-order chi connectivity index (χ0) is 21.0. The van der Waals surface area contributed by atoms with Gasteiger partial charge in [-0.05, 0) is 31.2 Å². The van der Waals surface area contributed by atoms with Gasteiger partial charge in [-0.2, -0.15) is 5.26 Å². The molecule has 0 aliphatic heterocycles. The normalized spacial score (nSPS) is 11.5. The predicted molar refractivity (Wildman–Crippen MR) is 106 cm³/mol. The molecule has 0 amide bonds. The first-order valence-corrected chi connectivity index (χ1v) is 8.65. The lowest BCUT2D eigenvalue weighted by Gasteiger charge is -2.12. The van der Waals surface area contributed by atoms with Crippen molar-refractivity contribution in [3.63, 3.8) is 0 Å². The number of hydrogen-bond acceptors (Lipinski definition) is 7. The van der Waals surface area contributed by atoms with Crippen LogP contribution in [-0.2, 0) is 4.74 Å². The van der Waals surface area contributed by atoms with E-state index in [9.17, 15) is 15.2 Å². The van der Waals surface area contributed by atoms with Gasteiger partial charge in [0, 0.05) is 5.56 Å². The number of carbonyl (C=O) groups excluding carboxylic acids is 1. The number of esters is 1. The molecule has 2 N–H and O–H groups in total. The molecule has 8 heteroatoms. The Morgan fingerprint density at radius 2 is 1.86 bits per heavy atom. The van der Waals surface area contributed by atoms with Crippen LogP contribution in [0.15, 0.2) is 42.2 Å². The average Bonchev–Trinajstić information content (AvgIpc) is 3.16. The van der Waals surface area contributed by atoms with E-state index >= 15 is 0 Å². The van der Waals surface area contributed by atoms with Crippen LogP contribution in [0.5, 0.6) is 11.5 Å². The maximum absolute atomic E-state index is 12.4. The number of methoxy groups -OCH3 is 2. The number of aromatic amines is 1. The zero-order valence-corrected chi connectivity index (χ0v) is 16.1. The molecule has 2 aromatic carbocycles. The van der Waals surface area contributed by atoms with Crippen molar-refractivity contribution in [2.24, 2.45) is 0 Å². The van der Waals surface area contributed by atoms with Crippen molar-refractivity contribution in [2.45, 2.75) is 6.92 Å². The highest BCUT2D eigenvalue weighted by Crippen LogP contribution is 2.30. The summed E-state index contributed by atoms with van der Waals surface area (Å²) in [5, 5.41) is 19.7. The van der Waals surface area contributed by atoms with E-state index in [4.69, 9.17) is 14.2 Å². The van der Waals surface area contributed by atoms with Gasteiger partial charge in [0.1, 0.15) is 29.7 Å². The van der Waals surface area contributed by atoms with Crippen molar-refractivity contribution in [1.29, 1.82) is 5.26 Å². The fraction of sp³-hybridized carbons (Fsp3) is 0.190. The second-order valence-electron chi connectivity index (χ2n) is 6.12. The fourth-order valence-electron chi connectivity index (χ4n) is 2.82. The lowest BCUT2D eigenvalue weighted by molar-refractivity contribution is 0.0502. The summed E-state index contributed by atoms with van der Waals surface area (Å²) in [6.45, 7) is 1.31. The smallest absolute Gasteiger partial charge is 0.338 e. The molecular formula is C21H19N3O5. The van der Waals surface area contributed by atoms with Crippen LogP contribution in [0.2, 0.25) is 0 Å². The van der Waals surface area contributed by atoms with Crippen LogP contribution >= 0.6 is 0 Å². The molecule has 0 unspecified atom stereocenters. The third-order valence-electron chi connectivity index (χ3n) is 4.35. The molecule has 1 aromatic heterocycles. The second kappa shape index (κ2) is 8.35. The van der Waals surface area contributed by atoms with Gasteiger partial charge in [-0.25, -0.2) is 9.78 Å². The predicted octanol–water partition coefficient (Wildman–Crippen LogP) is 3.54. The molecule has 0 spiro atoms. The number of ether oxygens (including phenoxy) is 3. The number of nitriles is 1. The first kappa shape index (κ1) is 19.8. The molecule has 29 heavy (non-hydrogen) atoms. The molecule has 0 atom stereocenters. The monoisotopic (exact) mass is 393 g/mol. The molecule has 3 rings (SSSR count). The largest absolute Gasteiger partial charge is 0.507 e. The Labute approximate surface area is 167 Å². The Kier molecular flexibility index (Phi) is 5.69.